The van der Waals surface area contributed by atoms with Gasteiger partial charge in [-0.15, -0.1) is 11.3 Å². The zero-order valence-electron chi connectivity index (χ0n) is 15.8. The van der Waals surface area contributed by atoms with E-state index in [1.807, 2.05) is 5.51 Å². The molecule has 140 valence electrons. The van der Waals surface area contributed by atoms with E-state index in [1.54, 1.807) is 11.3 Å². The van der Waals surface area contributed by atoms with Crippen LogP contribution in [0.2, 0.25) is 0 Å². The molecule has 0 N–H and O–H groups in total. The summed E-state index contributed by atoms with van der Waals surface area (Å²) in [7, 11) is 0. The van der Waals surface area contributed by atoms with Crippen molar-refractivity contribution in [2.24, 2.45) is 5.92 Å². The second-order valence-electron chi connectivity index (χ2n) is 7.53. The van der Waals surface area contributed by atoms with E-state index in [0.29, 0.717) is 18.5 Å². The second kappa shape index (κ2) is 7.12. The fraction of sp³-hybridized carbons (Fsp3) is 0.632. The van der Waals surface area contributed by atoms with Crippen molar-refractivity contribution in [2.45, 2.75) is 59.3 Å². The number of piperidine rings is 1. The zero-order chi connectivity index (χ0) is 18.3. The molecular weight excluding hydrogens is 346 g/mol. The summed E-state index contributed by atoms with van der Waals surface area (Å²) in [5, 5.41) is 6.71. The van der Waals surface area contributed by atoms with Gasteiger partial charge in [0.05, 0.1) is 29.4 Å². The van der Waals surface area contributed by atoms with Gasteiger partial charge in [-0.3, -0.25) is 14.4 Å². The van der Waals surface area contributed by atoms with E-state index in [9.17, 15) is 4.79 Å². The summed E-state index contributed by atoms with van der Waals surface area (Å²) in [5.41, 5.74) is 6.56. The molecule has 7 heteroatoms. The number of aromatic nitrogens is 3. The van der Waals surface area contributed by atoms with Crippen molar-refractivity contribution >= 4 is 17.2 Å². The minimum absolute atomic E-state index is 0.120. The molecule has 6 nitrogen and oxygen atoms in total. The molecule has 0 unspecified atom stereocenters. The molecule has 1 amide bonds. The summed E-state index contributed by atoms with van der Waals surface area (Å²) in [6.07, 6.45) is 2.11. The van der Waals surface area contributed by atoms with Crippen LogP contribution >= 0.6 is 11.3 Å². The monoisotopic (exact) mass is 373 g/mol. The molecule has 0 aromatic carbocycles. The molecule has 5 heterocycles. The maximum atomic E-state index is 13.0. The van der Waals surface area contributed by atoms with Crippen LogP contribution < -0.4 is 0 Å². The standard InChI is InChI=1S/C19H27N5OS/c1-4-24-14(3)18(13(2)21-24)10-22-7-15-5-6-17(9-22)23(19(15)25)8-16-11-26-12-20-16/h11-12,15,17H,4-10H2,1-3H3/t15-,17+/m0/s1. The number of nitrogens with zero attached hydrogens (tertiary/aromatic N) is 5. The largest absolute Gasteiger partial charge is 0.332 e. The molecule has 0 radical (unpaired) electrons. The van der Waals surface area contributed by atoms with Gasteiger partial charge in [-0.2, -0.15) is 5.10 Å². The molecule has 3 fully saturated rings. The second-order valence-corrected chi connectivity index (χ2v) is 8.25. The Balaban J connectivity index is 1.53. The quantitative estimate of drug-likeness (QED) is 0.808. The van der Waals surface area contributed by atoms with Crippen molar-refractivity contribution in [3.05, 3.63) is 33.5 Å². The molecule has 5 rings (SSSR count). The number of thiazole rings is 1. The number of carbonyl (C=O) groups excluding carboxylic acids is 1. The fourth-order valence-corrected chi connectivity index (χ4v) is 5.00. The molecule has 2 bridgehead atoms. The molecule has 0 aliphatic carbocycles. The Bertz CT molecular complexity index is 784. The number of amides is 1. The summed E-state index contributed by atoms with van der Waals surface area (Å²) in [5.74, 6) is 0.434. The summed E-state index contributed by atoms with van der Waals surface area (Å²) in [6.45, 7) is 10.6. The first-order valence-electron chi connectivity index (χ1n) is 9.49. The Morgan fingerprint density at radius 3 is 2.77 bits per heavy atom. The Kier molecular flexibility index (Phi) is 4.84. The number of carbonyl (C=O) groups is 1. The van der Waals surface area contributed by atoms with E-state index in [4.69, 9.17) is 0 Å². The molecule has 0 saturated carbocycles. The van der Waals surface area contributed by atoms with Crippen LogP contribution in [0.4, 0.5) is 0 Å². The van der Waals surface area contributed by atoms with Crippen molar-refractivity contribution in [3.8, 4) is 0 Å². The third-order valence-corrected chi connectivity index (χ3v) is 6.53. The third kappa shape index (κ3) is 3.18. The van der Waals surface area contributed by atoms with Gasteiger partial charge in [0.15, 0.2) is 0 Å². The van der Waals surface area contributed by atoms with Crippen LogP contribution in [0, 0.1) is 19.8 Å². The molecule has 3 aliphatic rings. The highest BCUT2D eigenvalue weighted by atomic mass is 32.1. The van der Waals surface area contributed by atoms with Crippen molar-refractivity contribution < 1.29 is 4.79 Å². The van der Waals surface area contributed by atoms with E-state index < -0.39 is 0 Å². The van der Waals surface area contributed by atoms with Crippen LogP contribution in [0.5, 0.6) is 0 Å². The molecule has 3 aliphatic heterocycles. The lowest BCUT2D eigenvalue weighted by Gasteiger charge is -2.35. The van der Waals surface area contributed by atoms with E-state index in [-0.39, 0.29) is 5.92 Å². The van der Waals surface area contributed by atoms with Crippen LogP contribution in [0.15, 0.2) is 10.9 Å². The lowest BCUT2D eigenvalue weighted by atomic mass is 9.94. The Hall–Kier alpha value is -1.73. The average molecular weight is 374 g/mol. The minimum atomic E-state index is 0.120. The smallest absolute Gasteiger partial charge is 0.227 e. The highest BCUT2D eigenvalue weighted by Gasteiger charge is 2.40. The van der Waals surface area contributed by atoms with E-state index >= 15 is 0 Å². The van der Waals surface area contributed by atoms with Gasteiger partial charge in [-0.25, -0.2) is 4.98 Å². The number of rotatable bonds is 5. The van der Waals surface area contributed by atoms with Gasteiger partial charge >= 0.3 is 0 Å². The Morgan fingerprint density at radius 2 is 2.08 bits per heavy atom. The maximum absolute atomic E-state index is 13.0. The summed E-state index contributed by atoms with van der Waals surface area (Å²) in [6, 6.07) is 0.296. The Labute approximate surface area is 158 Å². The van der Waals surface area contributed by atoms with Gasteiger partial charge in [0.1, 0.15) is 0 Å². The number of fused-ring (bicyclic) bond motifs is 4. The fourth-order valence-electron chi connectivity index (χ4n) is 4.45. The maximum Gasteiger partial charge on any atom is 0.227 e. The molecule has 2 aromatic heterocycles. The summed E-state index contributed by atoms with van der Waals surface area (Å²) in [4.78, 5) is 21.9. The number of hydrogen-bond acceptors (Lipinski definition) is 5. The van der Waals surface area contributed by atoms with Gasteiger partial charge < -0.3 is 4.90 Å². The Morgan fingerprint density at radius 1 is 1.23 bits per heavy atom. The first-order valence-corrected chi connectivity index (χ1v) is 10.4. The average Bonchev–Trinajstić information content (AvgIpc) is 3.13. The van der Waals surface area contributed by atoms with E-state index in [2.05, 4.69) is 50.7 Å². The molecular formula is C19H27N5OS. The van der Waals surface area contributed by atoms with Crippen LogP contribution in [0.1, 0.15) is 42.4 Å². The number of aryl methyl sites for hydroxylation is 2. The van der Waals surface area contributed by atoms with Gasteiger partial charge in [-0.05, 0) is 33.6 Å². The van der Waals surface area contributed by atoms with Crippen LogP contribution in [0.25, 0.3) is 0 Å². The lowest BCUT2D eigenvalue weighted by molar-refractivity contribution is -0.140. The van der Waals surface area contributed by atoms with Crippen LogP contribution in [0.3, 0.4) is 0 Å². The van der Waals surface area contributed by atoms with E-state index in [1.165, 1.54) is 11.3 Å². The molecule has 2 atom stereocenters. The molecule has 3 saturated heterocycles. The van der Waals surface area contributed by atoms with E-state index in [0.717, 1.165) is 50.4 Å². The van der Waals surface area contributed by atoms with Crippen LogP contribution in [-0.4, -0.2) is 49.6 Å². The molecule has 26 heavy (non-hydrogen) atoms. The first-order chi connectivity index (χ1) is 12.6. The first kappa shape index (κ1) is 17.7. The highest BCUT2D eigenvalue weighted by molar-refractivity contribution is 7.07. The molecule has 2 aromatic rings. The van der Waals surface area contributed by atoms with Gasteiger partial charge in [0, 0.05) is 48.9 Å². The van der Waals surface area contributed by atoms with Gasteiger partial charge in [0.2, 0.25) is 5.91 Å². The number of hydrogen-bond donors (Lipinski definition) is 0. The SMILES string of the molecule is CCn1nc(C)c(CN2C[C@@H]3CC[C@H](C2)N(Cc2cscn2)C3=O)c1C. The van der Waals surface area contributed by atoms with Gasteiger partial charge in [0.25, 0.3) is 0 Å². The van der Waals surface area contributed by atoms with Crippen molar-refractivity contribution in [1.82, 2.24) is 24.6 Å². The predicted molar refractivity (Wildman–Crippen MR) is 102 cm³/mol. The van der Waals surface area contributed by atoms with Crippen molar-refractivity contribution in [3.63, 3.8) is 0 Å². The summed E-state index contributed by atoms with van der Waals surface area (Å²) >= 11 is 1.60. The highest BCUT2D eigenvalue weighted by Crippen LogP contribution is 2.31. The van der Waals surface area contributed by atoms with Crippen molar-refractivity contribution in [1.29, 1.82) is 0 Å². The molecule has 0 spiro atoms. The normalized spacial score (nSPS) is 23.7. The van der Waals surface area contributed by atoms with Crippen LogP contribution in [-0.2, 0) is 24.4 Å². The summed E-state index contributed by atoms with van der Waals surface area (Å²) < 4.78 is 2.08. The lowest BCUT2D eigenvalue weighted by Crippen LogP contribution is -2.47. The van der Waals surface area contributed by atoms with Gasteiger partial charge in [-0.1, -0.05) is 0 Å². The minimum Gasteiger partial charge on any atom is -0.332 e. The van der Waals surface area contributed by atoms with Crippen molar-refractivity contribution in [2.75, 3.05) is 13.1 Å². The third-order valence-electron chi connectivity index (χ3n) is 5.90. The zero-order valence-corrected chi connectivity index (χ0v) is 16.6. The topological polar surface area (TPSA) is 54.3 Å². The predicted octanol–water partition coefficient (Wildman–Crippen LogP) is 2.60.